The quantitative estimate of drug-likeness (QED) is 0.251. The monoisotopic (exact) mass is 601 g/mol. The van der Waals surface area contributed by atoms with Crippen molar-refractivity contribution in [3.8, 4) is 6.07 Å². The molecule has 0 aromatic heterocycles. The minimum atomic E-state index is -1.68. The van der Waals surface area contributed by atoms with Crippen molar-refractivity contribution >= 4 is 34.9 Å². The summed E-state index contributed by atoms with van der Waals surface area (Å²) in [5, 5.41) is 34.9. The Morgan fingerprint density at radius 1 is 1.15 bits per heavy atom. The van der Waals surface area contributed by atoms with Gasteiger partial charge in [-0.3, -0.25) is 4.90 Å². The fourth-order valence-electron chi connectivity index (χ4n) is 6.06. The smallest absolute Gasteiger partial charge is 0.335 e. The van der Waals surface area contributed by atoms with Gasteiger partial charge < -0.3 is 15.5 Å². The number of likely N-dealkylation sites (N-methyl/N-ethyl adjacent to an activating group) is 1. The molecule has 41 heavy (non-hydrogen) atoms. The molecule has 4 rings (SSSR count). The summed E-state index contributed by atoms with van der Waals surface area (Å²) >= 11 is 12.3. The first-order chi connectivity index (χ1) is 19.2. The second-order valence-electron chi connectivity index (χ2n) is 11.6. The number of nitriles is 1. The highest BCUT2D eigenvalue weighted by Crippen LogP contribution is 2.56. The molecular formula is C31H31Cl2F2N3O3. The maximum atomic E-state index is 15.9. The van der Waals surface area contributed by atoms with Crippen molar-refractivity contribution < 1.29 is 23.8 Å². The number of carboxylic acids is 1. The second-order valence-corrected chi connectivity index (χ2v) is 12.5. The van der Waals surface area contributed by atoms with Crippen LogP contribution in [0.1, 0.15) is 54.6 Å². The number of aliphatic hydroxyl groups excluding tert-OH is 1. The summed E-state index contributed by atoms with van der Waals surface area (Å²) in [6.07, 6.45) is -0.999. The highest BCUT2D eigenvalue weighted by atomic mass is 35.5. The molecule has 1 fully saturated rings. The minimum absolute atomic E-state index is 0.0374. The van der Waals surface area contributed by atoms with Crippen LogP contribution in [0.5, 0.6) is 0 Å². The van der Waals surface area contributed by atoms with Crippen molar-refractivity contribution in [1.82, 2.24) is 4.90 Å². The number of aromatic carboxylic acids is 1. The maximum Gasteiger partial charge on any atom is 0.335 e. The van der Waals surface area contributed by atoms with Crippen LogP contribution >= 0.6 is 23.2 Å². The lowest BCUT2D eigenvalue weighted by Gasteiger charge is -2.38. The Balaban J connectivity index is 1.97. The van der Waals surface area contributed by atoms with E-state index < -0.39 is 47.2 Å². The Morgan fingerprint density at radius 2 is 1.80 bits per heavy atom. The van der Waals surface area contributed by atoms with E-state index in [4.69, 9.17) is 23.2 Å². The average Bonchev–Trinajstić information content (AvgIpc) is 3.13. The standard InChI is InChI=1S/C31H31Cl2F2N3O3/c1-30(2,3)15-24-31(16-36,21-13-10-18(32)14-23(21)34)25(20-6-5-7-22(33)26(20)35)27(38(24)4)28(39)37-19-11-8-17(9-12-19)29(40)41/h5-14,24-25,27-28,37,39H,15H2,1-4H3,(H,40,41)/t24-,25-,27+,28?,31-/m0/s1. The number of hydrogen-bond acceptors (Lipinski definition) is 5. The van der Waals surface area contributed by atoms with Crippen molar-refractivity contribution in [1.29, 1.82) is 5.26 Å². The van der Waals surface area contributed by atoms with Crippen LogP contribution in [-0.4, -0.2) is 46.4 Å². The molecule has 3 N–H and O–H groups in total. The van der Waals surface area contributed by atoms with E-state index in [1.807, 2.05) is 20.8 Å². The van der Waals surface area contributed by atoms with Gasteiger partial charge in [-0.05, 0) is 66.9 Å². The van der Waals surface area contributed by atoms with Crippen molar-refractivity contribution in [2.24, 2.45) is 5.41 Å². The zero-order chi connectivity index (χ0) is 30.3. The number of rotatable bonds is 7. The van der Waals surface area contributed by atoms with Crippen LogP contribution in [0.2, 0.25) is 10.0 Å². The van der Waals surface area contributed by atoms with E-state index in [0.29, 0.717) is 12.1 Å². The lowest BCUT2D eigenvalue weighted by molar-refractivity contribution is 0.0697. The first-order valence-corrected chi connectivity index (χ1v) is 13.8. The van der Waals surface area contributed by atoms with E-state index in [1.165, 1.54) is 48.5 Å². The van der Waals surface area contributed by atoms with Crippen LogP contribution in [0.4, 0.5) is 14.5 Å². The number of likely N-dealkylation sites (tertiary alicyclic amines) is 1. The van der Waals surface area contributed by atoms with Crippen molar-refractivity contribution in [3.63, 3.8) is 0 Å². The van der Waals surface area contributed by atoms with Crippen LogP contribution in [-0.2, 0) is 5.41 Å². The van der Waals surface area contributed by atoms with Gasteiger partial charge >= 0.3 is 5.97 Å². The highest BCUT2D eigenvalue weighted by molar-refractivity contribution is 6.31. The van der Waals surface area contributed by atoms with Crippen LogP contribution in [0.15, 0.2) is 60.7 Å². The molecule has 0 spiro atoms. The number of halogens is 4. The van der Waals surface area contributed by atoms with Crippen LogP contribution in [0.25, 0.3) is 0 Å². The number of anilines is 1. The molecule has 0 saturated carbocycles. The Kier molecular flexibility index (Phi) is 8.68. The van der Waals surface area contributed by atoms with Crippen LogP contribution < -0.4 is 5.32 Å². The van der Waals surface area contributed by atoms with Gasteiger partial charge in [-0.1, -0.05) is 62.2 Å². The number of carboxylic acid groups (broad SMARTS) is 1. The predicted molar refractivity (Wildman–Crippen MR) is 155 cm³/mol. The first-order valence-electron chi connectivity index (χ1n) is 13.0. The van der Waals surface area contributed by atoms with E-state index in [9.17, 15) is 20.3 Å². The minimum Gasteiger partial charge on any atom is -0.478 e. The van der Waals surface area contributed by atoms with Gasteiger partial charge in [-0.15, -0.1) is 0 Å². The van der Waals surface area contributed by atoms with E-state index in [2.05, 4.69) is 11.4 Å². The molecular weight excluding hydrogens is 571 g/mol. The lowest BCUT2D eigenvalue weighted by atomic mass is 9.62. The molecule has 5 atom stereocenters. The van der Waals surface area contributed by atoms with Crippen LogP contribution in [0.3, 0.4) is 0 Å². The number of benzene rings is 3. The SMILES string of the molecule is CN1[C@@H](CC(C)(C)C)[C@](C#N)(c2ccc(Cl)cc2F)[C@@H](c2cccc(Cl)c2F)[C@@H]1C(O)Nc1ccc(C(=O)O)cc1. The molecule has 1 heterocycles. The fraction of sp³-hybridized carbons (Fsp3) is 0.355. The van der Waals surface area contributed by atoms with Gasteiger partial charge in [-0.25, -0.2) is 13.6 Å². The van der Waals surface area contributed by atoms with Gasteiger partial charge in [0.25, 0.3) is 0 Å². The average molecular weight is 603 g/mol. The molecule has 1 aliphatic heterocycles. The lowest BCUT2D eigenvalue weighted by Crippen LogP contribution is -2.47. The number of aliphatic hydroxyl groups is 1. The third-order valence-corrected chi connectivity index (χ3v) is 8.30. The Bertz CT molecular complexity index is 1490. The summed E-state index contributed by atoms with van der Waals surface area (Å²) in [6.45, 7) is 5.96. The molecule has 3 aromatic rings. The number of hydrogen-bond donors (Lipinski definition) is 3. The summed E-state index contributed by atoms with van der Waals surface area (Å²) in [6, 6.07) is 15.0. The van der Waals surface area contributed by atoms with Crippen molar-refractivity contribution in [2.75, 3.05) is 12.4 Å². The predicted octanol–water partition coefficient (Wildman–Crippen LogP) is 7.06. The Hall–Kier alpha value is -3.22. The molecule has 1 aliphatic rings. The molecule has 216 valence electrons. The molecule has 10 heteroatoms. The Labute approximate surface area is 248 Å². The van der Waals surface area contributed by atoms with Crippen molar-refractivity contribution in [3.05, 3.63) is 99.0 Å². The van der Waals surface area contributed by atoms with E-state index in [1.54, 1.807) is 18.0 Å². The van der Waals surface area contributed by atoms with Gasteiger partial charge in [0.2, 0.25) is 0 Å². The normalized spacial score (nSPS) is 23.7. The third-order valence-electron chi connectivity index (χ3n) is 7.77. The fourth-order valence-corrected chi connectivity index (χ4v) is 6.40. The summed E-state index contributed by atoms with van der Waals surface area (Å²) < 4.78 is 31.7. The molecule has 0 radical (unpaired) electrons. The largest absolute Gasteiger partial charge is 0.478 e. The molecule has 1 saturated heterocycles. The molecule has 1 unspecified atom stereocenters. The summed E-state index contributed by atoms with van der Waals surface area (Å²) in [4.78, 5) is 13.1. The van der Waals surface area contributed by atoms with E-state index in [0.717, 1.165) is 6.07 Å². The van der Waals surface area contributed by atoms with E-state index in [-0.39, 0.29) is 32.2 Å². The second kappa shape index (κ2) is 11.6. The zero-order valence-corrected chi connectivity index (χ0v) is 24.5. The zero-order valence-electron chi connectivity index (χ0n) is 23.0. The molecule has 0 aliphatic carbocycles. The summed E-state index contributed by atoms with van der Waals surface area (Å²) in [5.41, 5.74) is -1.46. The van der Waals surface area contributed by atoms with E-state index >= 15 is 8.78 Å². The molecule has 0 bridgehead atoms. The maximum absolute atomic E-state index is 15.9. The number of carbonyl (C=O) groups is 1. The first kappa shape index (κ1) is 30.7. The molecule has 3 aromatic carbocycles. The summed E-state index contributed by atoms with van der Waals surface area (Å²) in [7, 11) is 1.72. The van der Waals surface area contributed by atoms with Gasteiger partial charge in [0, 0.05) is 28.2 Å². The highest BCUT2D eigenvalue weighted by Gasteiger charge is 2.63. The molecule has 6 nitrogen and oxygen atoms in total. The van der Waals surface area contributed by atoms with Crippen molar-refractivity contribution in [2.45, 2.75) is 56.8 Å². The van der Waals surface area contributed by atoms with Crippen LogP contribution in [0, 0.1) is 28.4 Å². The number of nitrogens with zero attached hydrogens (tertiary/aromatic N) is 2. The van der Waals surface area contributed by atoms with Gasteiger partial charge in [-0.2, -0.15) is 5.26 Å². The van der Waals surface area contributed by atoms with Gasteiger partial charge in [0.15, 0.2) is 0 Å². The van der Waals surface area contributed by atoms with Gasteiger partial charge in [0.1, 0.15) is 23.3 Å². The third kappa shape index (κ3) is 5.77. The topological polar surface area (TPSA) is 96.6 Å². The molecule has 0 amide bonds. The number of nitrogens with one attached hydrogen (secondary N) is 1. The van der Waals surface area contributed by atoms with Gasteiger partial charge in [0.05, 0.1) is 22.7 Å². The summed E-state index contributed by atoms with van der Waals surface area (Å²) in [5.74, 6) is -3.68. The Morgan fingerprint density at radius 3 is 2.37 bits per heavy atom.